The Balaban J connectivity index is 1.81. The fourth-order valence-electron chi connectivity index (χ4n) is 2.01. The molecule has 1 N–H and O–H groups in total. The number of nitro benzene ring substituents is 1. The standard InChI is InChI=1S/C15H12N6O2/c22-21(23)14-9-5-4-8-13(14)16-11-10-15-17-18-19-20(15)12-6-2-1-3-7-12/h1-11,16H/b11-10+. The van der Waals surface area contributed by atoms with Crippen LogP contribution in [0.25, 0.3) is 11.8 Å². The van der Waals surface area contributed by atoms with Crippen molar-refractivity contribution in [2.45, 2.75) is 0 Å². The van der Waals surface area contributed by atoms with Gasteiger partial charge < -0.3 is 5.32 Å². The molecule has 0 saturated heterocycles. The summed E-state index contributed by atoms with van der Waals surface area (Å²) < 4.78 is 1.57. The maximum atomic E-state index is 11.0. The maximum Gasteiger partial charge on any atom is 0.292 e. The van der Waals surface area contributed by atoms with Gasteiger partial charge in [0.05, 0.1) is 10.6 Å². The molecule has 0 unspecified atom stereocenters. The lowest BCUT2D eigenvalue weighted by molar-refractivity contribution is -0.383. The van der Waals surface area contributed by atoms with Crippen molar-refractivity contribution in [3.63, 3.8) is 0 Å². The molecular formula is C15H12N6O2. The van der Waals surface area contributed by atoms with Gasteiger partial charge in [-0.2, -0.15) is 4.68 Å². The molecule has 3 aromatic rings. The molecule has 2 aromatic carbocycles. The Kier molecular flexibility index (Phi) is 4.05. The van der Waals surface area contributed by atoms with Crippen LogP contribution < -0.4 is 5.32 Å². The molecule has 0 spiro atoms. The maximum absolute atomic E-state index is 11.0. The van der Waals surface area contributed by atoms with Crippen molar-refractivity contribution in [2.24, 2.45) is 0 Å². The van der Waals surface area contributed by atoms with Gasteiger partial charge in [0.15, 0.2) is 5.82 Å². The monoisotopic (exact) mass is 308 g/mol. The number of rotatable bonds is 5. The molecular weight excluding hydrogens is 296 g/mol. The number of hydrogen-bond donors (Lipinski definition) is 1. The van der Waals surface area contributed by atoms with Crippen molar-refractivity contribution < 1.29 is 4.92 Å². The van der Waals surface area contributed by atoms with Crippen molar-refractivity contribution in [3.8, 4) is 5.69 Å². The third-order valence-corrected chi connectivity index (χ3v) is 3.07. The highest BCUT2D eigenvalue weighted by Gasteiger charge is 2.10. The summed E-state index contributed by atoms with van der Waals surface area (Å²) in [4.78, 5) is 10.5. The van der Waals surface area contributed by atoms with Gasteiger partial charge >= 0.3 is 0 Å². The minimum atomic E-state index is -0.440. The fourth-order valence-corrected chi connectivity index (χ4v) is 2.01. The zero-order chi connectivity index (χ0) is 16.1. The van der Waals surface area contributed by atoms with E-state index in [1.807, 2.05) is 30.3 Å². The quantitative estimate of drug-likeness (QED) is 0.574. The second kappa shape index (κ2) is 6.48. The van der Waals surface area contributed by atoms with E-state index in [1.54, 1.807) is 35.2 Å². The highest BCUT2D eigenvalue weighted by atomic mass is 16.6. The first-order chi connectivity index (χ1) is 11.3. The number of anilines is 1. The smallest absolute Gasteiger partial charge is 0.292 e. The molecule has 0 fully saturated rings. The Bertz CT molecular complexity index is 844. The summed E-state index contributed by atoms with van der Waals surface area (Å²) in [6.07, 6.45) is 3.21. The lowest BCUT2D eigenvalue weighted by Gasteiger charge is -2.02. The van der Waals surface area contributed by atoms with E-state index >= 15 is 0 Å². The van der Waals surface area contributed by atoms with Crippen LogP contribution >= 0.6 is 0 Å². The molecule has 8 heteroatoms. The van der Waals surface area contributed by atoms with Gasteiger partial charge in [-0.1, -0.05) is 30.3 Å². The highest BCUT2D eigenvalue weighted by molar-refractivity contribution is 5.64. The Labute approximate surface area is 131 Å². The van der Waals surface area contributed by atoms with Crippen LogP contribution in [0, 0.1) is 10.1 Å². The Morgan fingerprint density at radius 2 is 1.83 bits per heavy atom. The van der Waals surface area contributed by atoms with Gasteiger partial charge in [0, 0.05) is 18.3 Å². The first-order valence-corrected chi connectivity index (χ1v) is 6.76. The third kappa shape index (κ3) is 3.21. The number of nitrogens with zero attached hydrogens (tertiary/aromatic N) is 5. The van der Waals surface area contributed by atoms with E-state index in [0.717, 1.165) is 5.69 Å². The first-order valence-electron chi connectivity index (χ1n) is 6.76. The molecule has 1 aromatic heterocycles. The van der Waals surface area contributed by atoms with E-state index in [-0.39, 0.29) is 5.69 Å². The summed E-state index contributed by atoms with van der Waals surface area (Å²) in [5.74, 6) is 0.502. The molecule has 0 aliphatic carbocycles. The molecule has 8 nitrogen and oxygen atoms in total. The fraction of sp³-hybridized carbons (Fsp3) is 0. The number of hydrogen-bond acceptors (Lipinski definition) is 6. The average molecular weight is 308 g/mol. The number of tetrazole rings is 1. The molecule has 3 rings (SSSR count). The van der Waals surface area contributed by atoms with Crippen LogP contribution in [-0.4, -0.2) is 25.1 Å². The minimum absolute atomic E-state index is 0.000184. The normalized spacial score (nSPS) is 10.8. The van der Waals surface area contributed by atoms with Crippen LogP contribution in [0.5, 0.6) is 0 Å². The van der Waals surface area contributed by atoms with E-state index in [2.05, 4.69) is 20.8 Å². The predicted octanol–water partition coefficient (Wildman–Crippen LogP) is 2.65. The van der Waals surface area contributed by atoms with Crippen LogP contribution in [0.2, 0.25) is 0 Å². The average Bonchev–Trinajstić information content (AvgIpc) is 3.04. The lowest BCUT2D eigenvalue weighted by atomic mass is 10.3. The molecule has 0 saturated carbocycles. The van der Waals surface area contributed by atoms with E-state index < -0.39 is 4.92 Å². The zero-order valence-corrected chi connectivity index (χ0v) is 11.9. The Hall–Kier alpha value is -3.55. The summed E-state index contributed by atoms with van der Waals surface area (Å²) in [6, 6.07) is 15.8. The van der Waals surface area contributed by atoms with Crippen LogP contribution in [0.1, 0.15) is 5.82 Å². The topological polar surface area (TPSA) is 98.8 Å². The van der Waals surface area contributed by atoms with Crippen LogP contribution in [0.3, 0.4) is 0 Å². The summed E-state index contributed by atoms with van der Waals surface area (Å²) in [6.45, 7) is 0. The van der Waals surface area contributed by atoms with Gasteiger partial charge in [-0.15, -0.1) is 5.10 Å². The van der Waals surface area contributed by atoms with Crippen molar-refractivity contribution in [3.05, 3.63) is 76.7 Å². The SMILES string of the molecule is O=[N+]([O-])c1ccccc1N/C=C/c1nnnn1-c1ccccc1. The Morgan fingerprint density at radius 1 is 1.09 bits per heavy atom. The Morgan fingerprint density at radius 3 is 2.61 bits per heavy atom. The van der Waals surface area contributed by atoms with Gasteiger partial charge in [0.25, 0.3) is 5.69 Å². The lowest BCUT2D eigenvalue weighted by Crippen LogP contribution is -2.00. The predicted molar refractivity (Wildman–Crippen MR) is 84.9 cm³/mol. The number of benzene rings is 2. The third-order valence-electron chi connectivity index (χ3n) is 3.07. The van der Waals surface area contributed by atoms with Crippen molar-refractivity contribution >= 4 is 17.5 Å². The van der Waals surface area contributed by atoms with Crippen molar-refractivity contribution in [1.29, 1.82) is 0 Å². The van der Waals surface area contributed by atoms with Crippen LogP contribution in [-0.2, 0) is 0 Å². The molecule has 114 valence electrons. The number of para-hydroxylation sites is 3. The van der Waals surface area contributed by atoms with Crippen molar-refractivity contribution in [1.82, 2.24) is 20.2 Å². The molecule has 0 aliphatic heterocycles. The second-order valence-corrected chi connectivity index (χ2v) is 4.54. The summed E-state index contributed by atoms with van der Waals surface area (Å²) in [7, 11) is 0. The van der Waals surface area contributed by atoms with Gasteiger partial charge in [-0.05, 0) is 28.6 Å². The molecule has 0 bridgehead atoms. The van der Waals surface area contributed by atoms with E-state index in [4.69, 9.17) is 0 Å². The highest BCUT2D eigenvalue weighted by Crippen LogP contribution is 2.23. The molecule has 1 heterocycles. The molecule has 0 atom stereocenters. The number of nitro groups is 1. The van der Waals surface area contributed by atoms with E-state index in [9.17, 15) is 10.1 Å². The first kappa shape index (κ1) is 14.4. The molecule has 0 amide bonds. The molecule has 0 aliphatic rings. The summed E-state index contributed by atoms with van der Waals surface area (Å²) in [5.41, 5.74) is 1.22. The van der Waals surface area contributed by atoms with Crippen molar-refractivity contribution in [2.75, 3.05) is 5.32 Å². The van der Waals surface area contributed by atoms with Gasteiger partial charge in [0.2, 0.25) is 0 Å². The molecule has 23 heavy (non-hydrogen) atoms. The number of nitrogens with one attached hydrogen (secondary N) is 1. The largest absolute Gasteiger partial charge is 0.356 e. The van der Waals surface area contributed by atoms with E-state index in [0.29, 0.717) is 11.5 Å². The second-order valence-electron chi connectivity index (χ2n) is 4.54. The minimum Gasteiger partial charge on any atom is -0.356 e. The van der Waals surface area contributed by atoms with Gasteiger partial charge in [-0.25, -0.2) is 0 Å². The van der Waals surface area contributed by atoms with Gasteiger partial charge in [-0.3, -0.25) is 10.1 Å². The summed E-state index contributed by atoms with van der Waals surface area (Å²) in [5, 5.41) is 25.3. The van der Waals surface area contributed by atoms with Crippen LogP contribution in [0.4, 0.5) is 11.4 Å². The van der Waals surface area contributed by atoms with Crippen LogP contribution in [0.15, 0.2) is 60.8 Å². The summed E-state index contributed by atoms with van der Waals surface area (Å²) >= 11 is 0. The zero-order valence-electron chi connectivity index (χ0n) is 11.9. The van der Waals surface area contributed by atoms with Gasteiger partial charge in [0.1, 0.15) is 5.69 Å². The van der Waals surface area contributed by atoms with E-state index in [1.165, 1.54) is 6.07 Å². The number of aromatic nitrogens is 4. The molecule has 0 radical (unpaired) electrons.